The third-order valence-electron chi connectivity index (χ3n) is 4.20. The summed E-state index contributed by atoms with van der Waals surface area (Å²) < 4.78 is 5.81. The molecule has 2 rings (SSSR count). The number of carboxylic acid groups (broad SMARTS) is 1. The molecule has 0 saturated carbocycles. The molecular formula is C19H22O4. The Balaban J connectivity index is 2.23. The van der Waals surface area contributed by atoms with Gasteiger partial charge in [0.15, 0.2) is 5.60 Å². The van der Waals surface area contributed by atoms with Crippen molar-refractivity contribution in [1.82, 2.24) is 0 Å². The maximum Gasteiger partial charge on any atom is 0.340 e. The van der Waals surface area contributed by atoms with E-state index in [2.05, 4.69) is 0 Å². The quantitative estimate of drug-likeness (QED) is 0.855. The van der Waals surface area contributed by atoms with E-state index in [1.807, 2.05) is 32.0 Å². The summed E-state index contributed by atoms with van der Waals surface area (Å²) in [6.07, 6.45) is 0.0860. The van der Waals surface area contributed by atoms with Crippen LogP contribution in [0.4, 0.5) is 0 Å². The number of benzene rings is 2. The van der Waals surface area contributed by atoms with E-state index in [9.17, 15) is 15.0 Å². The molecule has 0 saturated heterocycles. The van der Waals surface area contributed by atoms with Crippen LogP contribution >= 0.6 is 0 Å². The zero-order valence-electron chi connectivity index (χ0n) is 13.7. The van der Waals surface area contributed by atoms with Gasteiger partial charge in [-0.25, -0.2) is 4.79 Å². The number of rotatable bonds is 6. The number of aliphatic hydroxyl groups is 1. The van der Waals surface area contributed by atoms with E-state index < -0.39 is 11.6 Å². The molecule has 4 nitrogen and oxygen atoms in total. The molecule has 0 spiro atoms. The summed E-state index contributed by atoms with van der Waals surface area (Å²) in [5.41, 5.74) is 1.85. The lowest BCUT2D eigenvalue weighted by molar-refractivity contribution is -0.160. The highest BCUT2D eigenvalue weighted by Crippen LogP contribution is 2.28. The zero-order chi connectivity index (χ0) is 17.0. The van der Waals surface area contributed by atoms with Gasteiger partial charge in [-0.15, -0.1) is 0 Å². The molecule has 4 heteroatoms. The second-order valence-electron chi connectivity index (χ2n) is 5.71. The minimum Gasteiger partial charge on any atom is -0.489 e. The van der Waals surface area contributed by atoms with Crippen molar-refractivity contribution in [3.8, 4) is 5.75 Å². The normalized spacial score (nSPS) is 13.4. The first kappa shape index (κ1) is 17.0. The number of hydrogen-bond donors (Lipinski definition) is 2. The highest BCUT2D eigenvalue weighted by Gasteiger charge is 2.36. The molecule has 0 fully saturated rings. The molecule has 0 amide bonds. The Morgan fingerprint density at radius 2 is 1.74 bits per heavy atom. The first-order chi connectivity index (χ1) is 10.9. The number of carbonyl (C=O) groups is 1. The van der Waals surface area contributed by atoms with Gasteiger partial charge in [0.2, 0.25) is 0 Å². The van der Waals surface area contributed by atoms with Gasteiger partial charge in [0.1, 0.15) is 12.4 Å². The van der Waals surface area contributed by atoms with E-state index in [0.29, 0.717) is 17.9 Å². The standard InChI is InChI=1S/C19H22O4/c1-4-19(22,18(20)21)15-9-6-10-16(11-15)23-12-17-13(2)7-5-8-14(17)3/h5-11,22H,4,12H2,1-3H3,(H,20,21). The molecule has 0 bridgehead atoms. The summed E-state index contributed by atoms with van der Waals surface area (Å²) in [7, 11) is 0. The Morgan fingerprint density at radius 3 is 2.30 bits per heavy atom. The van der Waals surface area contributed by atoms with E-state index in [1.165, 1.54) is 0 Å². The third-order valence-corrected chi connectivity index (χ3v) is 4.20. The van der Waals surface area contributed by atoms with Crippen LogP contribution in [-0.4, -0.2) is 16.2 Å². The molecule has 1 atom stereocenters. The highest BCUT2D eigenvalue weighted by atomic mass is 16.5. The third kappa shape index (κ3) is 3.54. The topological polar surface area (TPSA) is 66.8 Å². The maximum absolute atomic E-state index is 11.3. The van der Waals surface area contributed by atoms with E-state index in [1.54, 1.807) is 31.2 Å². The molecule has 0 radical (unpaired) electrons. The minimum absolute atomic E-state index is 0.0860. The van der Waals surface area contributed by atoms with Crippen molar-refractivity contribution < 1.29 is 19.7 Å². The fourth-order valence-corrected chi connectivity index (χ4v) is 2.55. The predicted molar refractivity (Wildman–Crippen MR) is 88.5 cm³/mol. The van der Waals surface area contributed by atoms with Crippen molar-refractivity contribution in [2.24, 2.45) is 0 Å². The van der Waals surface area contributed by atoms with Gasteiger partial charge in [-0.05, 0) is 54.7 Å². The molecule has 2 aromatic rings. The summed E-state index contributed by atoms with van der Waals surface area (Å²) in [6, 6.07) is 12.7. The van der Waals surface area contributed by atoms with Crippen molar-refractivity contribution in [3.63, 3.8) is 0 Å². The van der Waals surface area contributed by atoms with Crippen LogP contribution < -0.4 is 4.74 Å². The van der Waals surface area contributed by atoms with Crippen molar-refractivity contribution in [2.75, 3.05) is 0 Å². The van der Waals surface area contributed by atoms with Gasteiger partial charge >= 0.3 is 5.97 Å². The molecule has 2 N–H and O–H groups in total. The maximum atomic E-state index is 11.3. The molecule has 2 aromatic carbocycles. The van der Waals surface area contributed by atoms with E-state index >= 15 is 0 Å². The Kier molecular flexibility index (Phi) is 5.06. The van der Waals surface area contributed by atoms with Crippen LogP contribution in [0.1, 0.15) is 35.6 Å². The van der Waals surface area contributed by atoms with Gasteiger partial charge in [0.25, 0.3) is 0 Å². The van der Waals surface area contributed by atoms with Crippen LogP contribution in [-0.2, 0) is 17.0 Å². The Bertz CT molecular complexity index is 688. The highest BCUT2D eigenvalue weighted by molar-refractivity contribution is 5.79. The van der Waals surface area contributed by atoms with Crippen molar-refractivity contribution >= 4 is 5.97 Å². The first-order valence-corrected chi connectivity index (χ1v) is 7.62. The second kappa shape index (κ2) is 6.84. The number of ether oxygens (including phenoxy) is 1. The van der Waals surface area contributed by atoms with Crippen LogP contribution in [0.25, 0.3) is 0 Å². The van der Waals surface area contributed by atoms with E-state index in [4.69, 9.17) is 4.74 Å². The van der Waals surface area contributed by atoms with Crippen LogP contribution in [0.3, 0.4) is 0 Å². The smallest absolute Gasteiger partial charge is 0.340 e. The van der Waals surface area contributed by atoms with Gasteiger partial charge in [0, 0.05) is 0 Å². The lowest BCUT2D eigenvalue weighted by Crippen LogP contribution is -2.34. The minimum atomic E-state index is -1.89. The summed E-state index contributed by atoms with van der Waals surface area (Å²) in [6.45, 7) is 6.10. The Morgan fingerprint density at radius 1 is 1.13 bits per heavy atom. The van der Waals surface area contributed by atoms with Gasteiger partial charge in [0.05, 0.1) is 0 Å². The summed E-state index contributed by atoms with van der Waals surface area (Å²) in [5.74, 6) is -0.717. The number of aliphatic carboxylic acids is 1. The molecule has 0 aliphatic rings. The molecular weight excluding hydrogens is 292 g/mol. The average molecular weight is 314 g/mol. The zero-order valence-corrected chi connectivity index (χ0v) is 13.7. The van der Waals surface area contributed by atoms with Crippen LogP contribution in [0, 0.1) is 13.8 Å². The number of carboxylic acids is 1. The molecule has 0 aliphatic heterocycles. The van der Waals surface area contributed by atoms with E-state index in [-0.39, 0.29) is 6.42 Å². The average Bonchev–Trinajstić information content (AvgIpc) is 2.53. The molecule has 0 heterocycles. The second-order valence-corrected chi connectivity index (χ2v) is 5.71. The first-order valence-electron chi connectivity index (χ1n) is 7.62. The predicted octanol–water partition coefficient (Wildman–Crippen LogP) is 3.56. The van der Waals surface area contributed by atoms with Gasteiger partial charge < -0.3 is 14.9 Å². The van der Waals surface area contributed by atoms with Crippen molar-refractivity contribution in [2.45, 2.75) is 39.4 Å². The Labute approximate surface area is 136 Å². The fourth-order valence-electron chi connectivity index (χ4n) is 2.55. The summed E-state index contributed by atoms with van der Waals surface area (Å²) >= 11 is 0. The summed E-state index contributed by atoms with van der Waals surface area (Å²) in [5, 5.41) is 19.6. The van der Waals surface area contributed by atoms with Gasteiger partial charge in [-0.1, -0.05) is 37.3 Å². The van der Waals surface area contributed by atoms with Crippen molar-refractivity contribution in [3.05, 3.63) is 64.7 Å². The monoisotopic (exact) mass is 314 g/mol. The lowest BCUT2D eigenvalue weighted by atomic mass is 9.91. The molecule has 0 aliphatic carbocycles. The molecule has 0 aromatic heterocycles. The number of aryl methyl sites for hydroxylation is 2. The largest absolute Gasteiger partial charge is 0.489 e. The Hall–Kier alpha value is -2.33. The van der Waals surface area contributed by atoms with Crippen LogP contribution in [0.2, 0.25) is 0 Å². The summed E-state index contributed by atoms with van der Waals surface area (Å²) in [4.78, 5) is 11.3. The van der Waals surface area contributed by atoms with E-state index in [0.717, 1.165) is 16.7 Å². The molecule has 1 unspecified atom stereocenters. The number of hydrogen-bond acceptors (Lipinski definition) is 3. The molecule has 23 heavy (non-hydrogen) atoms. The lowest BCUT2D eigenvalue weighted by Gasteiger charge is -2.22. The van der Waals surface area contributed by atoms with Gasteiger partial charge in [-0.2, -0.15) is 0 Å². The van der Waals surface area contributed by atoms with Crippen LogP contribution in [0.5, 0.6) is 5.75 Å². The van der Waals surface area contributed by atoms with Gasteiger partial charge in [-0.3, -0.25) is 0 Å². The van der Waals surface area contributed by atoms with Crippen molar-refractivity contribution in [1.29, 1.82) is 0 Å². The fraction of sp³-hybridized carbons (Fsp3) is 0.316. The molecule has 122 valence electrons. The SMILES string of the molecule is CCC(O)(C(=O)O)c1cccc(OCc2c(C)cccc2C)c1. The van der Waals surface area contributed by atoms with Crippen LogP contribution in [0.15, 0.2) is 42.5 Å².